The number of aliphatic hydroxyl groups is 1. The van der Waals surface area contributed by atoms with Crippen molar-refractivity contribution in [3.05, 3.63) is 33.0 Å². The van der Waals surface area contributed by atoms with Gasteiger partial charge in [-0.15, -0.1) is 0 Å². The molecule has 3 heterocycles. The molecule has 0 aliphatic carbocycles. The summed E-state index contributed by atoms with van der Waals surface area (Å²) < 4.78 is 4.40. The first-order valence-electron chi connectivity index (χ1n) is 8.57. The van der Waals surface area contributed by atoms with E-state index in [1.54, 1.807) is 19.0 Å². The molecule has 0 spiro atoms. The third kappa shape index (κ3) is 2.68. The van der Waals surface area contributed by atoms with Crippen molar-refractivity contribution in [2.75, 3.05) is 18.2 Å². The Morgan fingerprint density at radius 2 is 2.04 bits per heavy atom. The quantitative estimate of drug-likeness (QED) is 0.788. The zero-order valence-electron chi connectivity index (χ0n) is 15.6. The Morgan fingerprint density at radius 1 is 1.35 bits per heavy atom. The Bertz CT molecular complexity index is 1030. The number of hydrogen-bond donors (Lipinski definition) is 1. The van der Waals surface area contributed by atoms with E-state index in [9.17, 15) is 9.59 Å². The summed E-state index contributed by atoms with van der Waals surface area (Å²) in [6.07, 6.45) is 0.521. The predicted molar refractivity (Wildman–Crippen MR) is 101 cm³/mol. The maximum Gasteiger partial charge on any atom is 0.332 e. The maximum absolute atomic E-state index is 13.1. The van der Waals surface area contributed by atoms with Crippen molar-refractivity contribution >= 4 is 22.8 Å². The normalized spacial score (nSPS) is 16.7. The van der Waals surface area contributed by atoms with Gasteiger partial charge in [0.2, 0.25) is 5.95 Å². The van der Waals surface area contributed by atoms with Crippen molar-refractivity contribution in [3.63, 3.8) is 0 Å². The number of aromatic nitrogens is 4. The molecule has 0 saturated carbocycles. The summed E-state index contributed by atoms with van der Waals surface area (Å²) in [5, 5.41) is 15.4. The second kappa shape index (κ2) is 6.56. The van der Waals surface area contributed by atoms with Gasteiger partial charge < -0.3 is 5.11 Å². The minimum atomic E-state index is -0.423. The van der Waals surface area contributed by atoms with E-state index in [-0.39, 0.29) is 24.8 Å². The van der Waals surface area contributed by atoms with Crippen LogP contribution in [0.3, 0.4) is 0 Å². The first-order valence-corrected chi connectivity index (χ1v) is 8.57. The number of rotatable bonds is 5. The summed E-state index contributed by atoms with van der Waals surface area (Å²) in [6.45, 7) is 10.1. The number of fused-ring (bicyclic) bond motifs is 3. The van der Waals surface area contributed by atoms with E-state index >= 15 is 0 Å². The average Bonchev–Trinajstić information content (AvgIpc) is 2.99. The number of anilines is 1. The van der Waals surface area contributed by atoms with Crippen LogP contribution in [0.2, 0.25) is 0 Å². The van der Waals surface area contributed by atoms with E-state index in [2.05, 4.69) is 16.7 Å². The average molecular weight is 360 g/mol. The Balaban J connectivity index is 2.34. The molecule has 0 radical (unpaired) electrons. The van der Waals surface area contributed by atoms with Crippen LogP contribution in [0.4, 0.5) is 5.95 Å². The monoisotopic (exact) mass is 360 g/mol. The van der Waals surface area contributed by atoms with Crippen molar-refractivity contribution in [1.29, 1.82) is 0 Å². The number of aryl methyl sites for hydroxylation is 1. The topological polar surface area (TPSA) is 97.7 Å². The molecule has 0 amide bonds. The standard InChI is InChI=1S/C17H24N6O3/c1-10(2)9-21-15(25)13-14(20(5)17(21)26)18-16-22(7-6-8-24)19-11(3)12(4)23(13)16/h12,24H,1,6-9H2,2-5H3/t12-/m1/s1. The zero-order chi connectivity index (χ0) is 19.2. The third-order valence-corrected chi connectivity index (χ3v) is 4.61. The fourth-order valence-electron chi connectivity index (χ4n) is 3.16. The second-order valence-electron chi connectivity index (χ2n) is 6.76. The van der Waals surface area contributed by atoms with Crippen LogP contribution in [-0.4, -0.2) is 42.7 Å². The van der Waals surface area contributed by atoms with Crippen LogP contribution in [0.15, 0.2) is 26.8 Å². The van der Waals surface area contributed by atoms with Gasteiger partial charge in [-0.1, -0.05) is 12.2 Å². The van der Waals surface area contributed by atoms with Crippen molar-refractivity contribution < 1.29 is 5.11 Å². The lowest BCUT2D eigenvalue weighted by Gasteiger charge is -2.29. The fraction of sp³-hybridized carbons (Fsp3) is 0.529. The van der Waals surface area contributed by atoms with Crippen molar-refractivity contribution in [2.45, 2.75) is 39.8 Å². The Kier molecular flexibility index (Phi) is 4.57. The Labute approximate surface area is 150 Å². The van der Waals surface area contributed by atoms with Gasteiger partial charge in [0.15, 0.2) is 11.2 Å². The van der Waals surface area contributed by atoms with Crippen molar-refractivity contribution in [2.24, 2.45) is 12.1 Å². The lowest BCUT2D eigenvalue weighted by Crippen LogP contribution is -2.40. The minimum Gasteiger partial charge on any atom is -0.396 e. The van der Waals surface area contributed by atoms with Gasteiger partial charge in [0.1, 0.15) is 0 Å². The molecule has 1 aliphatic heterocycles. The van der Waals surface area contributed by atoms with E-state index in [0.717, 1.165) is 11.3 Å². The number of hydrazone groups is 1. The molecule has 2 aromatic rings. The number of aliphatic hydroxyl groups excluding tert-OH is 1. The smallest absolute Gasteiger partial charge is 0.332 e. The highest BCUT2D eigenvalue weighted by atomic mass is 16.3. The molecule has 9 nitrogen and oxygen atoms in total. The van der Waals surface area contributed by atoms with Crippen LogP contribution < -0.4 is 16.3 Å². The molecule has 0 fully saturated rings. The lowest BCUT2D eigenvalue weighted by molar-refractivity contribution is 0.289. The molecule has 1 aliphatic rings. The summed E-state index contributed by atoms with van der Waals surface area (Å²) in [6, 6.07) is -0.163. The van der Waals surface area contributed by atoms with Gasteiger partial charge >= 0.3 is 5.69 Å². The summed E-state index contributed by atoms with van der Waals surface area (Å²) >= 11 is 0. The van der Waals surface area contributed by atoms with Gasteiger partial charge in [-0.2, -0.15) is 10.1 Å². The van der Waals surface area contributed by atoms with E-state index in [4.69, 9.17) is 5.11 Å². The first-order chi connectivity index (χ1) is 12.3. The molecule has 9 heteroatoms. The van der Waals surface area contributed by atoms with Crippen LogP contribution >= 0.6 is 0 Å². The van der Waals surface area contributed by atoms with Crippen LogP contribution in [0.1, 0.15) is 33.2 Å². The summed E-state index contributed by atoms with van der Waals surface area (Å²) in [7, 11) is 1.61. The first kappa shape index (κ1) is 18.1. The van der Waals surface area contributed by atoms with Gasteiger partial charge in [0.05, 0.1) is 18.3 Å². The maximum atomic E-state index is 13.1. The fourth-order valence-corrected chi connectivity index (χ4v) is 3.16. The molecule has 0 bridgehead atoms. The summed E-state index contributed by atoms with van der Waals surface area (Å²) in [5.41, 5.74) is 1.45. The van der Waals surface area contributed by atoms with E-state index < -0.39 is 5.69 Å². The number of imidazole rings is 1. The van der Waals surface area contributed by atoms with Crippen LogP contribution in [0.5, 0.6) is 0 Å². The molecule has 1 atom stereocenters. The minimum absolute atomic E-state index is 0.0325. The molecule has 140 valence electrons. The highest BCUT2D eigenvalue weighted by Crippen LogP contribution is 2.29. The molecule has 0 aromatic carbocycles. The largest absolute Gasteiger partial charge is 0.396 e. The third-order valence-electron chi connectivity index (χ3n) is 4.61. The van der Waals surface area contributed by atoms with Gasteiger partial charge in [-0.3, -0.25) is 18.5 Å². The second-order valence-corrected chi connectivity index (χ2v) is 6.76. The molecule has 0 unspecified atom stereocenters. The number of hydrogen-bond acceptors (Lipinski definition) is 6. The van der Waals surface area contributed by atoms with Crippen LogP contribution in [0, 0.1) is 0 Å². The number of nitrogens with zero attached hydrogens (tertiary/aromatic N) is 6. The molecule has 2 aromatic heterocycles. The van der Waals surface area contributed by atoms with Gasteiger partial charge in [-0.05, 0) is 27.2 Å². The number of allylic oxidation sites excluding steroid dienone is 1. The zero-order valence-corrected chi connectivity index (χ0v) is 15.6. The van der Waals surface area contributed by atoms with Crippen LogP contribution in [-0.2, 0) is 13.6 Å². The molecular weight excluding hydrogens is 336 g/mol. The molecule has 3 rings (SSSR count). The highest BCUT2D eigenvalue weighted by molar-refractivity contribution is 5.91. The summed E-state index contributed by atoms with van der Waals surface area (Å²) in [5.74, 6) is 0.506. The van der Waals surface area contributed by atoms with Crippen molar-refractivity contribution in [3.8, 4) is 0 Å². The summed E-state index contributed by atoms with van der Waals surface area (Å²) in [4.78, 5) is 30.2. The van der Waals surface area contributed by atoms with E-state index in [0.29, 0.717) is 30.1 Å². The van der Waals surface area contributed by atoms with E-state index in [1.807, 2.05) is 18.4 Å². The van der Waals surface area contributed by atoms with E-state index in [1.165, 1.54) is 9.13 Å². The van der Waals surface area contributed by atoms with Crippen LogP contribution in [0.25, 0.3) is 11.2 Å². The molecule has 26 heavy (non-hydrogen) atoms. The molecule has 0 saturated heterocycles. The van der Waals surface area contributed by atoms with Gasteiger partial charge in [0.25, 0.3) is 5.56 Å². The molecule has 1 N–H and O–H groups in total. The predicted octanol–water partition coefficient (Wildman–Crippen LogP) is 0.612. The molecular formula is C17H24N6O3. The Hall–Kier alpha value is -2.68. The van der Waals surface area contributed by atoms with Gasteiger partial charge in [-0.25, -0.2) is 9.80 Å². The highest BCUT2D eigenvalue weighted by Gasteiger charge is 2.30. The van der Waals surface area contributed by atoms with Crippen molar-refractivity contribution in [1.82, 2.24) is 18.7 Å². The Morgan fingerprint density at radius 3 is 2.65 bits per heavy atom. The lowest BCUT2D eigenvalue weighted by atomic mass is 10.2. The SMILES string of the molecule is C=C(C)Cn1c(=O)c2c(nc3n2[C@H](C)C(C)=NN3CCCO)n(C)c1=O. The van der Waals surface area contributed by atoms with Gasteiger partial charge in [0, 0.05) is 20.2 Å².